The number of methoxy groups -OCH3 is 3. The number of hydrogen-bond acceptors (Lipinski definition) is 8. The number of esters is 1. The molecule has 32 heavy (non-hydrogen) atoms. The zero-order valence-corrected chi connectivity index (χ0v) is 18.6. The van der Waals surface area contributed by atoms with Crippen LogP contribution >= 0.6 is 11.8 Å². The normalized spacial score (nSPS) is 10.7. The van der Waals surface area contributed by atoms with Crippen molar-refractivity contribution < 1.29 is 23.7 Å². The number of hydrogen-bond donors (Lipinski definition) is 1. The van der Waals surface area contributed by atoms with Gasteiger partial charge in [-0.25, -0.2) is 9.78 Å². The number of fused-ring (bicyclic) bond motifs is 1. The molecule has 0 saturated heterocycles. The molecule has 4 rings (SSSR count). The summed E-state index contributed by atoms with van der Waals surface area (Å²) in [6.45, 7) is 0. The molecule has 0 spiro atoms. The highest BCUT2D eigenvalue weighted by Gasteiger charge is 2.17. The molecule has 1 N–H and O–H groups in total. The maximum atomic E-state index is 11.8. The Hall–Kier alpha value is -3.72. The van der Waals surface area contributed by atoms with Gasteiger partial charge >= 0.3 is 5.97 Å². The van der Waals surface area contributed by atoms with Crippen molar-refractivity contribution in [1.82, 2.24) is 15.0 Å². The lowest BCUT2D eigenvalue weighted by molar-refractivity contribution is 0.0600. The van der Waals surface area contributed by atoms with Crippen LogP contribution in [0, 0.1) is 0 Å². The molecule has 0 atom stereocenters. The minimum Gasteiger partial charge on any atom is -0.493 e. The third-order valence-electron chi connectivity index (χ3n) is 4.66. The van der Waals surface area contributed by atoms with Crippen LogP contribution in [0.2, 0.25) is 0 Å². The number of H-pyrrole nitrogens is 1. The van der Waals surface area contributed by atoms with Crippen molar-refractivity contribution in [1.29, 1.82) is 0 Å². The van der Waals surface area contributed by atoms with E-state index < -0.39 is 5.97 Å². The Bertz CT molecular complexity index is 1220. The van der Waals surface area contributed by atoms with Gasteiger partial charge in [0.15, 0.2) is 28.2 Å². The van der Waals surface area contributed by atoms with Crippen molar-refractivity contribution in [3.8, 4) is 23.0 Å². The van der Waals surface area contributed by atoms with E-state index in [1.165, 1.54) is 26.0 Å². The lowest BCUT2D eigenvalue weighted by Gasteiger charge is -2.15. The number of thioether (sulfide) groups is 1. The largest absolute Gasteiger partial charge is 0.493 e. The maximum absolute atomic E-state index is 11.8. The van der Waals surface area contributed by atoms with E-state index in [0.29, 0.717) is 40.0 Å². The average molecular weight is 452 g/mol. The first-order valence-corrected chi connectivity index (χ1v) is 10.6. The van der Waals surface area contributed by atoms with Gasteiger partial charge in [-0.2, -0.15) is 0 Å². The van der Waals surface area contributed by atoms with Crippen molar-refractivity contribution in [3.63, 3.8) is 0 Å². The molecule has 9 heteroatoms. The second-order valence-corrected chi connectivity index (χ2v) is 7.56. The molecule has 0 aliphatic rings. The number of rotatable bonds is 8. The molecule has 4 aromatic rings. The van der Waals surface area contributed by atoms with E-state index in [2.05, 4.69) is 15.0 Å². The number of carbonyl (C=O) groups is 1. The fraction of sp³-hybridized carbons (Fsp3) is 0.174. The Labute approximate surface area is 188 Å². The summed E-state index contributed by atoms with van der Waals surface area (Å²) in [5, 5.41) is 0.793. The Kier molecular flexibility index (Phi) is 6.46. The molecule has 0 saturated carbocycles. The molecule has 0 amide bonds. The zero-order chi connectivity index (χ0) is 22.5. The average Bonchev–Trinajstić information content (AvgIpc) is 3.25. The number of nitrogens with zero attached hydrogens (tertiary/aromatic N) is 2. The predicted molar refractivity (Wildman–Crippen MR) is 121 cm³/mol. The van der Waals surface area contributed by atoms with Crippen molar-refractivity contribution in [2.24, 2.45) is 0 Å². The van der Waals surface area contributed by atoms with Crippen LogP contribution in [-0.4, -0.2) is 42.3 Å². The van der Waals surface area contributed by atoms with Crippen LogP contribution in [0.1, 0.15) is 16.1 Å². The van der Waals surface area contributed by atoms with Gasteiger partial charge in [0.25, 0.3) is 0 Å². The third-order valence-corrected chi connectivity index (χ3v) is 5.55. The SMILES string of the molecule is COC(=O)c1ccc(Oc2ccnc(CSc3nc4ccccc4[nH]3)c2OC)c(OC)c1. The number of aromatic nitrogens is 3. The number of nitrogens with one attached hydrogen (secondary N) is 1. The summed E-state index contributed by atoms with van der Waals surface area (Å²) >= 11 is 1.52. The fourth-order valence-electron chi connectivity index (χ4n) is 3.12. The number of pyridine rings is 1. The van der Waals surface area contributed by atoms with E-state index in [-0.39, 0.29) is 0 Å². The van der Waals surface area contributed by atoms with Gasteiger partial charge in [0.05, 0.1) is 43.6 Å². The van der Waals surface area contributed by atoms with E-state index >= 15 is 0 Å². The molecule has 0 unspecified atom stereocenters. The molecule has 8 nitrogen and oxygen atoms in total. The van der Waals surface area contributed by atoms with E-state index in [4.69, 9.17) is 18.9 Å². The van der Waals surface area contributed by atoms with Gasteiger partial charge in [-0.05, 0) is 30.3 Å². The number of ether oxygens (including phenoxy) is 4. The lowest BCUT2D eigenvalue weighted by Crippen LogP contribution is -2.02. The first kappa shape index (κ1) is 21.5. The molecule has 0 radical (unpaired) electrons. The maximum Gasteiger partial charge on any atom is 0.337 e. The first-order valence-electron chi connectivity index (χ1n) is 9.66. The van der Waals surface area contributed by atoms with Crippen LogP contribution in [0.15, 0.2) is 59.9 Å². The van der Waals surface area contributed by atoms with Gasteiger partial charge < -0.3 is 23.9 Å². The monoisotopic (exact) mass is 451 g/mol. The van der Waals surface area contributed by atoms with Crippen molar-refractivity contribution in [2.45, 2.75) is 10.9 Å². The molecule has 2 heterocycles. The predicted octanol–water partition coefficient (Wildman–Crippen LogP) is 4.85. The highest BCUT2D eigenvalue weighted by Crippen LogP contribution is 2.39. The Morgan fingerprint density at radius 2 is 1.84 bits per heavy atom. The molecular weight excluding hydrogens is 430 g/mol. The third kappa shape index (κ3) is 4.47. The molecule has 0 bridgehead atoms. The summed E-state index contributed by atoms with van der Waals surface area (Å²) < 4.78 is 21.8. The van der Waals surface area contributed by atoms with E-state index in [1.54, 1.807) is 37.6 Å². The molecule has 0 aliphatic carbocycles. The van der Waals surface area contributed by atoms with Gasteiger partial charge in [0.1, 0.15) is 0 Å². The number of para-hydroxylation sites is 2. The Morgan fingerprint density at radius 3 is 2.59 bits per heavy atom. The minimum atomic E-state index is -0.457. The second kappa shape index (κ2) is 9.61. The molecular formula is C23H21N3O5S. The first-order chi connectivity index (χ1) is 15.6. The van der Waals surface area contributed by atoms with Crippen molar-refractivity contribution >= 4 is 28.8 Å². The van der Waals surface area contributed by atoms with Crippen LogP contribution in [0.4, 0.5) is 0 Å². The molecule has 2 aromatic carbocycles. The number of imidazole rings is 1. The van der Waals surface area contributed by atoms with Crippen LogP contribution in [0.25, 0.3) is 11.0 Å². The van der Waals surface area contributed by atoms with E-state index in [9.17, 15) is 4.79 Å². The summed E-state index contributed by atoms with van der Waals surface area (Å²) in [5.74, 6) is 1.88. The minimum absolute atomic E-state index is 0.362. The summed E-state index contributed by atoms with van der Waals surface area (Å²) in [6.07, 6.45) is 1.65. The summed E-state index contributed by atoms with van der Waals surface area (Å²) in [7, 11) is 4.39. The van der Waals surface area contributed by atoms with Crippen LogP contribution in [0.3, 0.4) is 0 Å². The molecule has 0 aliphatic heterocycles. The molecule has 2 aromatic heterocycles. The Balaban J connectivity index is 1.56. The van der Waals surface area contributed by atoms with Crippen LogP contribution in [-0.2, 0) is 10.5 Å². The van der Waals surface area contributed by atoms with Crippen LogP contribution in [0.5, 0.6) is 23.0 Å². The number of carbonyl (C=O) groups excluding carboxylic acids is 1. The van der Waals surface area contributed by atoms with E-state index in [1.807, 2.05) is 24.3 Å². The van der Waals surface area contributed by atoms with Gasteiger partial charge in [-0.3, -0.25) is 4.98 Å². The molecule has 164 valence electrons. The fourth-order valence-corrected chi connectivity index (χ4v) is 3.95. The van der Waals surface area contributed by atoms with Gasteiger partial charge in [0, 0.05) is 18.0 Å². The Morgan fingerprint density at radius 1 is 1.00 bits per heavy atom. The number of benzene rings is 2. The standard InChI is InChI=1S/C23H21N3O5S/c1-28-20-12-14(22(27)30-3)8-9-18(20)31-19-10-11-24-17(21(19)29-2)13-32-23-25-15-6-4-5-7-16(15)26-23/h4-12H,13H2,1-3H3,(H,25,26). The van der Waals surface area contributed by atoms with Gasteiger partial charge in [-0.1, -0.05) is 23.9 Å². The van der Waals surface area contributed by atoms with Crippen LogP contribution < -0.4 is 14.2 Å². The van der Waals surface area contributed by atoms with Gasteiger partial charge in [0.2, 0.25) is 0 Å². The van der Waals surface area contributed by atoms with Crippen molar-refractivity contribution in [3.05, 3.63) is 66.0 Å². The van der Waals surface area contributed by atoms with Gasteiger partial charge in [-0.15, -0.1) is 0 Å². The smallest absolute Gasteiger partial charge is 0.337 e. The van der Waals surface area contributed by atoms with E-state index in [0.717, 1.165) is 16.2 Å². The highest BCUT2D eigenvalue weighted by atomic mass is 32.2. The second-order valence-electron chi connectivity index (χ2n) is 6.60. The summed E-state index contributed by atoms with van der Waals surface area (Å²) in [5.41, 5.74) is 2.96. The summed E-state index contributed by atoms with van der Waals surface area (Å²) in [6, 6.07) is 14.4. The zero-order valence-electron chi connectivity index (χ0n) is 17.7. The highest BCUT2D eigenvalue weighted by molar-refractivity contribution is 7.98. The van der Waals surface area contributed by atoms with Crippen molar-refractivity contribution in [2.75, 3.05) is 21.3 Å². The quantitative estimate of drug-likeness (QED) is 0.300. The number of aromatic amines is 1. The summed E-state index contributed by atoms with van der Waals surface area (Å²) in [4.78, 5) is 24.1. The topological polar surface area (TPSA) is 95.6 Å². The lowest BCUT2D eigenvalue weighted by atomic mass is 10.2. The molecule has 0 fully saturated rings.